The number of aromatic nitrogens is 4. The molecule has 0 aromatic carbocycles. The minimum absolute atomic E-state index is 0.183. The van der Waals surface area contributed by atoms with Crippen molar-refractivity contribution in [3.8, 4) is 0 Å². The first-order chi connectivity index (χ1) is 12.2. The SMILES string of the molecule is CCCn1nc(C(=O)N2CCC[C@@H]2c2noc(C3CC3)n2)ccc1=O. The minimum Gasteiger partial charge on any atom is -0.339 e. The van der Waals surface area contributed by atoms with E-state index in [4.69, 9.17) is 4.52 Å². The number of hydrogen-bond donors (Lipinski definition) is 0. The molecule has 8 nitrogen and oxygen atoms in total. The maximum absolute atomic E-state index is 12.9. The minimum atomic E-state index is -0.191. The summed E-state index contributed by atoms with van der Waals surface area (Å²) in [6.45, 7) is 3.09. The third kappa shape index (κ3) is 3.08. The fraction of sp³-hybridized carbons (Fsp3) is 0.588. The number of hydrogen-bond acceptors (Lipinski definition) is 6. The molecule has 1 amide bonds. The molecule has 2 aromatic heterocycles. The molecule has 2 fully saturated rings. The molecule has 0 bridgehead atoms. The molecule has 1 saturated heterocycles. The van der Waals surface area contributed by atoms with Gasteiger partial charge in [0.15, 0.2) is 5.82 Å². The average molecular weight is 343 g/mol. The lowest BCUT2D eigenvalue weighted by atomic mass is 10.2. The van der Waals surface area contributed by atoms with Crippen LogP contribution in [0, 0.1) is 0 Å². The molecule has 2 aliphatic rings. The second kappa shape index (κ2) is 6.42. The summed E-state index contributed by atoms with van der Waals surface area (Å²) in [7, 11) is 0. The van der Waals surface area contributed by atoms with Crippen molar-refractivity contribution in [3.63, 3.8) is 0 Å². The van der Waals surface area contributed by atoms with Crippen LogP contribution in [0.4, 0.5) is 0 Å². The Morgan fingerprint density at radius 3 is 2.92 bits per heavy atom. The summed E-state index contributed by atoms with van der Waals surface area (Å²) in [6.07, 6.45) is 4.67. The van der Waals surface area contributed by atoms with E-state index in [1.54, 1.807) is 4.90 Å². The molecule has 2 aromatic rings. The lowest BCUT2D eigenvalue weighted by Crippen LogP contribution is -2.34. The number of likely N-dealkylation sites (tertiary alicyclic amines) is 1. The van der Waals surface area contributed by atoms with E-state index in [1.165, 1.54) is 16.8 Å². The van der Waals surface area contributed by atoms with E-state index in [-0.39, 0.29) is 23.2 Å². The van der Waals surface area contributed by atoms with Crippen molar-refractivity contribution < 1.29 is 9.32 Å². The number of amides is 1. The Balaban J connectivity index is 1.57. The maximum atomic E-state index is 12.9. The van der Waals surface area contributed by atoms with Crippen LogP contribution < -0.4 is 5.56 Å². The van der Waals surface area contributed by atoms with E-state index in [0.29, 0.717) is 30.7 Å². The predicted molar refractivity (Wildman–Crippen MR) is 88.1 cm³/mol. The lowest BCUT2D eigenvalue weighted by Gasteiger charge is -2.21. The number of rotatable bonds is 5. The van der Waals surface area contributed by atoms with Crippen molar-refractivity contribution in [1.29, 1.82) is 0 Å². The second-order valence-corrected chi connectivity index (χ2v) is 6.70. The summed E-state index contributed by atoms with van der Waals surface area (Å²) in [5.74, 6) is 1.47. The summed E-state index contributed by atoms with van der Waals surface area (Å²) in [5.41, 5.74) is 0.0921. The van der Waals surface area contributed by atoms with Crippen molar-refractivity contribution in [2.75, 3.05) is 6.54 Å². The van der Waals surface area contributed by atoms with Gasteiger partial charge in [0, 0.05) is 25.1 Å². The van der Waals surface area contributed by atoms with E-state index in [0.717, 1.165) is 32.1 Å². The smallest absolute Gasteiger partial charge is 0.274 e. The first-order valence-corrected chi connectivity index (χ1v) is 8.90. The first-order valence-electron chi connectivity index (χ1n) is 8.90. The standard InChI is InChI=1S/C17H21N5O3/c1-2-9-22-14(23)8-7-12(19-22)17(24)21-10-3-4-13(21)15-18-16(25-20-15)11-5-6-11/h7-8,11,13H,2-6,9-10H2,1H3/t13-/m1/s1. The van der Waals surface area contributed by atoms with Crippen LogP contribution in [0.25, 0.3) is 0 Å². The van der Waals surface area contributed by atoms with E-state index in [1.807, 2.05) is 6.92 Å². The molecule has 25 heavy (non-hydrogen) atoms. The van der Waals surface area contributed by atoms with Crippen LogP contribution in [0.1, 0.15) is 73.2 Å². The summed E-state index contributed by atoms with van der Waals surface area (Å²) in [6, 6.07) is 2.72. The molecule has 1 aliphatic carbocycles. The number of nitrogens with zero attached hydrogens (tertiary/aromatic N) is 5. The summed E-state index contributed by atoms with van der Waals surface area (Å²) < 4.78 is 6.69. The van der Waals surface area contributed by atoms with Gasteiger partial charge in [-0.1, -0.05) is 12.1 Å². The molecule has 3 heterocycles. The van der Waals surface area contributed by atoms with E-state index >= 15 is 0 Å². The number of carbonyl (C=O) groups excluding carboxylic acids is 1. The molecule has 1 atom stereocenters. The van der Waals surface area contributed by atoms with Gasteiger partial charge >= 0.3 is 0 Å². The zero-order valence-corrected chi connectivity index (χ0v) is 14.2. The van der Waals surface area contributed by atoms with Crippen LogP contribution in [0.3, 0.4) is 0 Å². The lowest BCUT2D eigenvalue weighted by molar-refractivity contribution is 0.0719. The maximum Gasteiger partial charge on any atom is 0.274 e. The van der Waals surface area contributed by atoms with E-state index in [9.17, 15) is 9.59 Å². The van der Waals surface area contributed by atoms with Gasteiger partial charge in [-0.25, -0.2) is 4.68 Å². The third-order valence-corrected chi connectivity index (χ3v) is 4.72. The van der Waals surface area contributed by atoms with E-state index < -0.39 is 0 Å². The van der Waals surface area contributed by atoms with Gasteiger partial charge in [-0.2, -0.15) is 10.1 Å². The van der Waals surface area contributed by atoms with Crippen LogP contribution in [0.5, 0.6) is 0 Å². The highest BCUT2D eigenvalue weighted by molar-refractivity contribution is 5.92. The summed E-state index contributed by atoms with van der Waals surface area (Å²) >= 11 is 0. The van der Waals surface area contributed by atoms with Crippen LogP contribution in [-0.4, -0.2) is 37.3 Å². The first kappa shape index (κ1) is 16.0. The highest BCUT2D eigenvalue weighted by atomic mass is 16.5. The molecule has 0 N–H and O–H groups in total. The Morgan fingerprint density at radius 1 is 1.32 bits per heavy atom. The van der Waals surface area contributed by atoms with Gasteiger partial charge in [0.05, 0.1) is 6.04 Å². The van der Waals surface area contributed by atoms with Crippen molar-refractivity contribution in [2.45, 2.75) is 57.5 Å². The van der Waals surface area contributed by atoms with Gasteiger partial charge in [-0.05, 0) is 38.2 Å². The van der Waals surface area contributed by atoms with Crippen molar-refractivity contribution in [1.82, 2.24) is 24.8 Å². The molecular weight excluding hydrogens is 322 g/mol. The zero-order valence-electron chi connectivity index (χ0n) is 14.2. The highest BCUT2D eigenvalue weighted by Gasteiger charge is 2.36. The Bertz CT molecular complexity index is 839. The van der Waals surface area contributed by atoms with Gasteiger partial charge in [-0.15, -0.1) is 0 Å². The van der Waals surface area contributed by atoms with Crippen LogP contribution in [-0.2, 0) is 6.54 Å². The highest BCUT2D eigenvalue weighted by Crippen LogP contribution is 2.40. The van der Waals surface area contributed by atoms with Crippen LogP contribution in [0.2, 0.25) is 0 Å². The predicted octanol–water partition coefficient (Wildman–Crippen LogP) is 1.89. The molecule has 0 radical (unpaired) electrons. The van der Waals surface area contributed by atoms with Crippen molar-refractivity contribution in [3.05, 3.63) is 39.9 Å². The average Bonchev–Trinajstić information content (AvgIpc) is 3.15. The van der Waals surface area contributed by atoms with Gasteiger partial charge < -0.3 is 9.42 Å². The Hall–Kier alpha value is -2.51. The van der Waals surface area contributed by atoms with Gasteiger partial charge in [0.25, 0.3) is 11.5 Å². The van der Waals surface area contributed by atoms with Crippen molar-refractivity contribution in [2.24, 2.45) is 0 Å². The molecule has 1 aliphatic heterocycles. The normalized spacial score (nSPS) is 20.2. The number of carbonyl (C=O) groups is 1. The number of aryl methyl sites for hydroxylation is 1. The molecule has 8 heteroatoms. The molecule has 1 saturated carbocycles. The summed E-state index contributed by atoms with van der Waals surface area (Å²) in [5, 5.41) is 8.32. The monoisotopic (exact) mass is 343 g/mol. The van der Waals surface area contributed by atoms with Gasteiger partial charge in [-0.3, -0.25) is 9.59 Å². The Labute approximate surface area is 144 Å². The largest absolute Gasteiger partial charge is 0.339 e. The fourth-order valence-corrected chi connectivity index (χ4v) is 3.24. The summed E-state index contributed by atoms with van der Waals surface area (Å²) in [4.78, 5) is 31.0. The Morgan fingerprint density at radius 2 is 2.16 bits per heavy atom. The van der Waals surface area contributed by atoms with Crippen molar-refractivity contribution >= 4 is 5.91 Å². The molecule has 0 unspecified atom stereocenters. The van der Waals surface area contributed by atoms with Crippen LogP contribution >= 0.6 is 0 Å². The molecular formula is C17H21N5O3. The van der Waals surface area contributed by atoms with Crippen LogP contribution in [0.15, 0.2) is 21.5 Å². The van der Waals surface area contributed by atoms with Gasteiger partial charge in [0.2, 0.25) is 5.89 Å². The quantitative estimate of drug-likeness (QED) is 0.823. The third-order valence-electron chi connectivity index (χ3n) is 4.72. The molecule has 4 rings (SSSR count). The van der Waals surface area contributed by atoms with Gasteiger partial charge in [0.1, 0.15) is 5.69 Å². The Kier molecular flexibility index (Phi) is 4.10. The zero-order chi connectivity index (χ0) is 17.4. The second-order valence-electron chi connectivity index (χ2n) is 6.70. The molecule has 0 spiro atoms. The molecule has 132 valence electrons. The van der Waals surface area contributed by atoms with E-state index in [2.05, 4.69) is 15.2 Å². The topological polar surface area (TPSA) is 94.1 Å². The fourth-order valence-electron chi connectivity index (χ4n) is 3.24.